The van der Waals surface area contributed by atoms with Crippen LogP contribution in [0, 0.1) is 17.1 Å². The molecule has 0 spiro atoms. The second kappa shape index (κ2) is 5.59. The predicted octanol–water partition coefficient (Wildman–Crippen LogP) is 0.936. The number of amides is 1. The summed E-state index contributed by atoms with van der Waals surface area (Å²) in [4.78, 5) is 11.9. The fourth-order valence-corrected chi connectivity index (χ4v) is 2.38. The quantitative estimate of drug-likeness (QED) is 0.874. The molecule has 7 nitrogen and oxygen atoms in total. The third kappa shape index (κ3) is 3.13. The minimum atomic E-state index is -3.92. The molecule has 0 fully saturated rings. The zero-order chi connectivity index (χ0) is 16.5. The molecule has 9 heteroatoms. The monoisotopic (exact) mass is 322 g/mol. The second-order valence-electron chi connectivity index (χ2n) is 4.48. The number of benzene rings is 1. The van der Waals surface area contributed by atoms with Crippen molar-refractivity contribution in [3.63, 3.8) is 0 Å². The first-order chi connectivity index (χ1) is 10.2. The van der Waals surface area contributed by atoms with Crippen molar-refractivity contribution in [3.8, 4) is 6.07 Å². The van der Waals surface area contributed by atoms with Gasteiger partial charge < -0.3 is 9.88 Å². The average Bonchev–Trinajstić information content (AvgIpc) is 2.83. The van der Waals surface area contributed by atoms with Crippen LogP contribution in [0.15, 0.2) is 35.4 Å². The van der Waals surface area contributed by atoms with Crippen LogP contribution in [0.4, 0.5) is 10.1 Å². The molecule has 22 heavy (non-hydrogen) atoms. The summed E-state index contributed by atoms with van der Waals surface area (Å²) in [5.74, 6) is -1.32. The summed E-state index contributed by atoms with van der Waals surface area (Å²) >= 11 is 0. The number of anilines is 1. The van der Waals surface area contributed by atoms with Crippen LogP contribution in [-0.4, -0.2) is 18.9 Å². The Morgan fingerprint density at radius 2 is 2.09 bits per heavy atom. The summed E-state index contributed by atoms with van der Waals surface area (Å²) in [5.41, 5.74) is 0.0445. The van der Waals surface area contributed by atoms with Crippen molar-refractivity contribution in [2.24, 2.45) is 12.2 Å². The number of nitrogens with one attached hydrogen (secondary N) is 1. The molecule has 0 atom stereocenters. The molecule has 1 aromatic carbocycles. The number of nitriles is 1. The first-order valence-electron chi connectivity index (χ1n) is 5.92. The molecule has 0 saturated carbocycles. The molecule has 1 aromatic heterocycles. The van der Waals surface area contributed by atoms with Crippen molar-refractivity contribution in [2.45, 2.75) is 4.90 Å². The molecule has 0 aliphatic heterocycles. The van der Waals surface area contributed by atoms with Gasteiger partial charge in [-0.2, -0.15) is 5.26 Å². The number of nitrogens with two attached hydrogens (primary N) is 1. The smallest absolute Gasteiger partial charge is 0.272 e. The Kier molecular flexibility index (Phi) is 3.99. The summed E-state index contributed by atoms with van der Waals surface area (Å²) in [5, 5.41) is 16.2. The van der Waals surface area contributed by atoms with Gasteiger partial charge in [-0.15, -0.1) is 0 Å². The van der Waals surface area contributed by atoms with Crippen LogP contribution in [0.5, 0.6) is 0 Å². The number of aryl methyl sites for hydroxylation is 1. The number of rotatable bonds is 3. The zero-order valence-corrected chi connectivity index (χ0v) is 12.2. The highest BCUT2D eigenvalue weighted by Crippen LogP contribution is 2.17. The standard InChI is InChI=1S/C13H11FN4O3S/c1-18-7-10(22(16,20)21)5-12(18)13(19)17-9-2-3-11(14)8(4-9)6-15/h2-5,7H,1H3,(H,17,19)(H2,16,20,21). The Hall–Kier alpha value is -2.70. The van der Waals surface area contributed by atoms with Gasteiger partial charge in [0, 0.05) is 18.9 Å². The van der Waals surface area contributed by atoms with Crippen LogP contribution >= 0.6 is 0 Å². The Morgan fingerprint density at radius 3 is 2.64 bits per heavy atom. The summed E-state index contributed by atoms with van der Waals surface area (Å²) < 4.78 is 37.0. The van der Waals surface area contributed by atoms with E-state index in [2.05, 4.69) is 5.32 Å². The fourth-order valence-electron chi connectivity index (χ4n) is 1.80. The lowest BCUT2D eigenvalue weighted by molar-refractivity contribution is 0.101. The Bertz CT molecular complexity index is 896. The van der Waals surface area contributed by atoms with Crippen molar-refractivity contribution < 1.29 is 17.6 Å². The van der Waals surface area contributed by atoms with E-state index in [4.69, 9.17) is 10.4 Å². The number of primary sulfonamides is 1. The van der Waals surface area contributed by atoms with Crippen LogP contribution in [0.3, 0.4) is 0 Å². The maximum Gasteiger partial charge on any atom is 0.272 e. The first kappa shape index (κ1) is 15.7. The largest absolute Gasteiger partial charge is 0.345 e. The third-order valence-corrected chi connectivity index (χ3v) is 3.77. The van der Waals surface area contributed by atoms with E-state index in [-0.39, 0.29) is 21.8 Å². The molecular formula is C13H11FN4O3S. The third-order valence-electron chi connectivity index (χ3n) is 2.89. The van der Waals surface area contributed by atoms with Crippen molar-refractivity contribution in [2.75, 3.05) is 5.32 Å². The number of carbonyl (C=O) groups is 1. The number of hydrogen-bond donors (Lipinski definition) is 2. The van der Waals surface area contributed by atoms with Crippen LogP contribution in [-0.2, 0) is 17.1 Å². The van der Waals surface area contributed by atoms with Crippen LogP contribution in [0.1, 0.15) is 16.1 Å². The van der Waals surface area contributed by atoms with E-state index in [1.807, 2.05) is 0 Å². The van der Waals surface area contributed by atoms with Crippen molar-refractivity contribution in [3.05, 3.63) is 47.5 Å². The maximum absolute atomic E-state index is 13.2. The number of hydrogen-bond acceptors (Lipinski definition) is 4. The molecule has 0 saturated heterocycles. The molecule has 2 rings (SSSR count). The number of aromatic nitrogens is 1. The van der Waals surface area contributed by atoms with Gasteiger partial charge in [0.15, 0.2) is 0 Å². The molecule has 2 aromatic rings. The van der Waals surface area contributed by atoms with Gasteiger partial charge in [0.1, 0.15) is 22.5 Å². The van der Waals surface area contributed by atoms with E-state index in [1.54, 1.807) is 6.07 Å². The Morgan fingerprint density at radius 1 is 1.41 bits per heavy atom. The van der Waals surface area contributed by atoms with Gasteiger partial charge >= 0.3 is 0 Å². The minimum Gasteiger partial charge on any atom is -0.345 e. The van der Waals surface area contributed by atoms with E-state index < -0.39 is 21.7 Å². The maximum atomic E-state index is 13.2. The average molecular weight is 322 g/mol. The molecule has 1 amide bonds. The molecule has 0 bridgehead atoms. The van der Waals surface area contributed by atoms with Crippen molar-refractivity contribution >= 4 is 21.6 Å². The van der Waals surface area contributed by atoms with Gasteiger partial charge in [0.05, 0.1) is 5.56 Å². The highest BCUT2D eigenvalue weighted by molar-refractivity contribution is 7.89. The number of halogens is 1. The van der Waals surface area contributed by atoms with Gasteiger partial charge in [0.25, 0.3) is 5.91 Å². The van der Waals surface area contributed by atoms with E-state index >= 15 is 0 Å². The molecule has 0 radical (unpaired) electrons. The highest BCUT2D eigenvalue weighted by atomic mass is 32.2. The lowest BCUT2D eigenvalue weighted by Gasteiger charge is -2.06. The van der Waals surface area contributed by atoms with Gasteiger partial charge in [0.2, 0.25) is 10.0 Å². The fraction of sp³-hybridized carbons (Fsp3) is 0.0769. The molecule has 3 N–H and O–H groups in total. The van der Waals surface area contributed by atoms with Crippen molar-refractivity contribution in [1.29, 1.82) is 5.26 Å². The van der Waals surface area contributed by atoms with E-state index in [0.717, 1.165) is 12.1 Å². The summed E-state index contributed by atoms with van der Waals surface area (Å²) in [6.07, 6.45) is 1.20. The lowest BCUT2D eigenvalue weighted by atomic mass is 10.2. The molecular weight excluding hydrogens is 311 g/mol. The molecule has 0 aliphatic carbocycles. The Labute approximate surface area is 125 Å². The van der Waals surface area contributed by atoms with Crippen LogP contribution < -0.4 is 10.5 Å². The number of nitrogens with zero attached hydrogens (tertiary/aromatic N) is 2. The number of carbonyl (C=O) groups excluding carboxylic acids is 1. The predicted molar refractivity (Wildman–Crippen MR) is 75.9 cm³/mol. The normalized spacial score (nSPS) is 11.0. The molecule has 114 valence electrons. The summed E-state index contributed by atoms with van der Waals surface area (Å²) in [6.45, 7) is 0. The van der Waals surface area contributed by atoms with Gasteiger partial charge in [-0.1, -0.05) is 0 Å². The summed E-state index contributed by atoms with van der Waals surface area (Å²) in [7, 11) is -2.44. The second-order valence-corrected chi connectivity index (χ2v) is 6.04. The summed E-state index contributed by atoms with van der Waals surface area (Å²) in [6, 6.07) is 6.30. The van der Waals surface area contributed by atoms with Crippen molar-refractivity contribution in [1.82, 2.24) is 4.57 Å². The van der Waals surface area contributed by atoms with Crippen LogP contribution in [0.2, 0.25) is 0 Å². The molecule has 0 aliphatic rings. The van der Waals surface area contributed by atoms with Crippen LogP contribution in [0.25, 0.3) is 0 Å². The van der Waals surface area contributed by atoms with Gasteiger partial charge in [-0.25, -0.2) is 17.9 Å². The topological polar surface area (TPSA) is 118 Å². The number of sulfonamides is 1. The van der Waals surface area contributed by atoms with Gasteiger partial charge in [-0.05, 0) is 24.3 Å². The Balaban J connectivity index is 2.31. The molecule has 0 unspecified atom stereocenters. The van der Waals surface area contributed by atoms with E-state index in [9.17, 15) is 17.6 Å². The first-order valence-corrected chi connectivity index (χ1v) is 7.47. The van der Waals surface area contributed by atoms with E-state index in [0.29, 0.717) is 0 Å². The minimum absolute atomic E-state index is 0.0480. The van der Waals surface area contributed by atoms with Gasteiger partial charge in [-0.3, -0.25) is 4.79 Å². The lowest BCUT2D eigenvalue weighted by Crippen LogP contribution is -2.15. The zero-order valence-electron chi connectivity index (χ0n) is 11.4. The SMILES string of the molecule is Cn1cc(S(N)(=O)=O)cc1C(=O)Nc1ccc(F)c(C#N)c1. The van der Waals surface area contributed by atoms with E-state index in [1.165, 1.54) is 29.9 Å². The highest BCUT2D eigenvalue weighted by Gasteiger charge is 2.17. The molecule has 1 heterocycles.